The Hall–Kier alpha value is -1.35. The summed E-state index contributed by atoms with van der Waals surface area (Å²) < 4.78 is 5.25. The highest BCUT2D eigenvalue weighted by Gasteiger charge is 2.51. The van der Waals surface area contributed by atoms with Gasteiger partial charge in [0.05, 0.1) is 12.2 Å². The standard InChI is InChI=1S/C20H26O3/c1-12(21)18-7-17(6-16(11-23-2)19(18)22)20-8-13-3-14(9-20)5-15(4-13)10-20/h6-7,13-15,22H,3-5,8-11H2,1-2H3. The fraction of sp³-hybridized carbons (Fsp3) is 0.650. The molecule has 0 heterocycles. The lowest BCUT2D eigenvalue weighted by atomic mass is 9.48. The van der Waals surface area contributed by atoms with Crippen LogP contribution in [-0.2, 0) is 16.8 Å². The van der Waals surface area contributed by atoms with Crippen LogP contribution in [0.5, 0.6) is 5.75 Å². The molecule has 1 aromatic carbocycles. The number of benzene rings is 1. The lowest BCUT2D eigenvalue weighted by Crippen LogP contribution is -2.48. The lowest BCUT2D eigenvalue weighted by molar-refractivity contribution is -0.00530. The largest absolute Gasteiger partial charge is 0.507 e. The Morgan fingerprint density at radius 3 is 2.22 bits per heavy atom. The van der Waals surface area contributed by atoms with Crippen molar-refractivity contribution in [2.75, 3.05) is 7.11 Å². The summed E-state index contributed by atoms with van der Waals surface area (Å²) in [6, 6.07) is 4.09. The van der Waals surface area contributed by atoms with E-state index in [2.05, 4.69) is 6.07 Å². The van der Waals surface area contributed by atoms with E-state index < -0.39 is 0 Å². The molecule has 1 N–H and O–H groups in total. The molecule has 4 bridgehead atoms. The fourth-order valence-electron chi connectivity index (χ4n) is 6.00. The van der Waals surface area contributed by atoms with Crippen LogP contribution in [0.2, 0.25) is 0 Å². The Balaban J connectivity index is 1.80. The molecule has 23 heavy (non-hydrogen) atoms. The number of carbonyl (C=O) groups is 1. The highest BCUT2D eigenvalue weighted by molar-refractivity contribution is 5.97. The minimum absolute atomic E-state index is 0.0635. The van der Waals surface area contributed by atoms with Crippen LogP contribution in [0.1, 0.15) is 66.9 Å². The van der Waals surface area contributed by atoms with Crippen molar-refractivity contribution in [3.63, 3.8) is 0 Å². The number of methoxy groups -OCH3 is 1. The fourth-order valence-corrected chi connectivity index (χ4v) is 6.00. The number of ether oxygens (including phenoxy) is 1. The average Bonchev–Trinajstić information content (AvgIpc) is 2.47. The van der Waals surface area contributed by atoms with Crippen LogP contribution in [-0.4, -0.2) is 18.0 Å². The Morgan fingerprint density at radius 2 is 1.74 bits per heavy atom. The smallest absolute Gasteiger partial charge is 0.163 e. The maximum Gasteiger partial charge on any atom is 0.163 e. The van der Waals surface area contributed by atoms with Crippen molar-refractivity contribution in [1.29, 1.82) is 0 Å². The monoisotopic (exact) mass is 314 g/mol. The van der Waals surface area contributed by atoms with E-state index in [0.29, 0.717) is 12.2 Å². The molecule has 0 amide bonds. The Labute approximate surface area is 138 Å². The highest BCUT2D eigenvalue weighted by Crippen LogP contribution is 2.61. The van der Waals surface area contributed by atoms with Gasteiger partial charge in [0.15, 0.2) is 5.78 Å². The van der Waals surface area contributed by atoms with Crippen LogP contribution in [0, 0.1) is 17.8 Å². The van der Waals surface area contributed by atoms with Crippen LogP contribution < -0.4 is 0 Å². The molecule has 0 aliphatic heterocycles. The van der Waals surface area contributed by atoms with Crippen LogP contribution in [0.15, 0.2) is 12.1 Å². The second-order valence-electron chi connectivity index (χ2n) is 8.22. The average molecular weight is 314 g/mol. The van der Waals surface area contributed by atoms with Gasteiger partial charge in [-0.1, -0.05) is 0 Å². The number of phenolic OH excluding ortho intramolecular Hbond substituents is 1. The predicted octanol–water partition coefficient (Wildman–Crippen LogP) is 4.21. The zero-order valence-electron chi connectivity index (χ0n) is 14.1. The molecule has 3 heteroatoms. The van der Waals surface area contributed by atoms with E-state index in [4.69, 9.17) is 4.74 Å². The zero-order chi connectivity index (χ0) is 16.2. The second kappa shape index (κ2) is 5.34. The maximum atomic E-state index is 12.0. The Morgan fingerprint density at radius 1 is 1.17 bits per heavy atom. The van der Waals surface area contributed by atoms with Crippen molar-refractivity contribution in [3.8, 4) is 5.75 Å². The van der Waals surface area contributed by atoms with Gasteiger partial charge in [-0.3, -0.25) is 4.79 Å². The van der Waals surface area contributed by atoms with Crippen molar-refractivity contribution in [1.82, 2.24) is 0 Å². The van der Waals surface area contributed by atoms with Crippen LogP contribution in [0.25, 0.3) is 0 Å². The third-order valence-corrected chi connectivity index (χ3v) is 6.52. The molecule has 1 aromatic rings. The van der Waals surface area contributed by atoms with Crippen LogP contribution >= 0.6 is 0 Å². The van der Waals surface area contributed by atoms with Gasteiger partial charge >= 0.3 is 0 Å². The van der Waals surface area contributed by atoms with E-state index >= 15 is 0 Å². The molecule has 0 unspecified atom stereocenters. The van der Waals surface area contributed by atoms with Gasteiger partial charge in [0, 0.05) is 12.7 Å². The van der Waals surface area contributed by atoms with Gasteiger partial charge in [-0.05, 0) is 86.3 Å². The molecule has 0 saturated heterocycles. The molecular formula is C20H26O3. The number of rotatable bonds is 4. The van der Waals surface area contributed by atoms with Gasteiger partial charge in [-0.15, -0.1) is 0 Å². The first kappa shape index (κ1) is 15.2. The van der Waals surface area contributed by atoms with Gasteiger partial charge < -0.3 is 9.84 Å². The molecule has 0 atom stereocenters. The van der Waals surface area contributed by atoms with Crippen LogP contribution in [0.3, 0.4) is 0 Å². The van der Waals surface area contributed by atoms with E-state index in [0.717, 1.165) is 23.3 Å². The first-order chi connectivity index (χ1) is 11.0. The number of aromatic hydroxyl groups is 1. The van der Waals surface area contributed by atoms with E-state index in [1.54, 1.807) is 7.11 Å². The summed E-state index contributed by atoms with van der Waals surface area (Å²) in [6.45, 7) is 1.89. The van der Waals surface area contributed by atoms with Crippen LogP contribution in [0.4, 0.5) is 0 Å². The molecule has 4 aliphatic rings. The minimum atomic E-state index is -0.0635. The molecule has 0 spiro atoms. The SMILES string of the molecule is COCc1cc(C23CC4CC(CC(C4)C2)C3)cc(C(C)=O)c1O. The number of ketones is 1. The summed E-state index contributed by atoms with van der Waals surface area (Å²) in [5, 5.41) is 10.4. The van der Waals surface area contributed by atoms with Crippen molar-refractivity contribution in [3.05, 3.63) is 28.8 Å². The van der Waals surface area contributed by atoms with E-state index in [1.807, 2.05) is 6.07 Å². The quantitative estimate of drug-likeness (QED) is 0.847. The summed E-state index contributed by atoms with van der Waals surface area (Å²) in [5.41, 5.74) is 2.72. The summed E-state index contributed by atoms with van der Waals surface area (Å²) in [6.07, 6.45) is 7.99. The molecule has 4 saturated carbocycles. The van der Waals surface area contributed by atoms with E-state index in [1.165, 1.54) is 51.0 Å². The van der Waals surface area contributed by atoms with Crippen molar-refractivity contribution < 1.29 is 14.6 Å². The van der Waals surface area contributed by atoms with Crippen molar-refractivity contribution in [2.45, 2.75) is 57.5 Å². The summed E-state index contributed by atoms with van der Waals surface area (Å²) in [4.78, 5) is 12.0. The maximum absolute atomic E-state index is 12.0. The van der Waals surface area contributed by atoms with E-state index in [-0.39, 0.29) is 16.9 Å². The summed E-state index contributed by atoms with van der Waals surface area (Å²) in [5.74, 6) is 2.63. The molecular weight excluding hydrogens is 288 g/mol. The normalized spacial score (nSPS) is 34.8. The molecule has 4 aliphatic carbocycles. The van der Waals surface area contributed by atoms with Gasteiger partial charge in [0.1, 0.15) is 5.75 Å². The molecule has 0 radical (unpaired) electrons. The third-order valence-electron chi connectivity index (χ3n) is 6.52. The summed E-state index contributed by atoms with van der Waals surface area (Å²) >= 11 is 0. The first-order valence-corrected chi connectivity index (χ1v) is 8.87. The van der Waals surface area contributed by atoms with Gasteiger partial charge in [0.25, 0.3) is 0 Å². The number of Topliss-reactive ketones (excluding diaryl/α,β-unsaturated/α-hetero) is 1. The number of hydrogen-bond acceptors (Lipinski definition) is 3. The van der Waals surface area contributed by atoms with Gasteiger partial charge in [0.2, 0.25) is 0 Å². The highest BCUT2D eigenvalue weighted by atomic mass is 16.5. The molecule has 3 nitrogen and oxygen atoms in total. The molecule has 5 rings (SSSR count). The van der Waals surface area contributed by atoms with E-state index in [9.17, 15) is 9.90 Å². The third kappa shape index (κ3) is 2.40. The second-order valence-corrected chi connectivity index (χ2v) is 8.22. The first-order valence-electron chi connectivity index (χ1n) is 8.87. The Kier molecular flexibility index (Phi) is 3.53. The van der Waals surface area contributed by atoms with Crippen molar-refractivity contribution in [2.24, 2.45) is 17.8 Å². The molecule has 0 aromatic heterocycles. The van der Waals surface area contributed by atoms with Gasteiger partial charge in [-0.25, -0.2) is 0 Å². The Bertz CT molecular complexity index is 611. The minimum Gasteiger partial charge on any atom is -0.507 e. The zero-order valence-corrected chi connectivity index (χ0v) is 14.1. The summed E-state index contributed by atoms with van der Waals surface area (Å²) in [7, 11) is 1.63. The van der Waals surface area contributed by atoms with Gasteiger partial charge in [-0.2, -0.15) is 0 Å². The topological polar surface area (TPSA) is 46.5 Å². The van der Waals surface area contributed by atoms with Crippen molar-refractivity contribution >= 4 is 5.78 Å². The number of carbonyl (C=O) groups excluding carboxylic acids is 1. The molecule has 4 fully saturated rings. The predicted molar refractivity (Wildman–Crippen MR) is 88.7 cm³/mol. The number of phenols is 1. The lowest BCUT2D eigenvalue weighted by Gasteiger charge is -2.57. The number of hydrogen-bond donors (Lipinski definition) is 1. The molecule has 124 valence electrons.